The van der Waals surface area contributed by atoms with Crippen molar-refractivity contribution in [2.45, 2.75) is 6.54 Å². The van der Waals surface area contributed by atoms with Crippen LogP contribution in [0.1, 0.15) is 5.82 Å². The first-order valence-corrected chi connectivity index (χ1v) is 3.84. The van der Waals surface area contributed by atoms with Crippen LogP contribution in [0.2, 0.25) is 0 Å². The monoisotopic (exact) mass is 195 g/mol. The molecule has 7 heteroatoms. The Morgan fingerprint density at radius 3 is 3.07 bits per heavy atom. The van der Waals surface area contributed by atoms with E-state index in [0.29, 0.717) is 5.82 Å². The Balaban J connectivity index is 2.33. The highest BCUT2D eigenvalue weighted by Gasteiger charge is 2.02. The second-order valence-electron chi connectivity index (χ2n) is 2.64. The number of nitrogens with zero attached hydrogens (tertiary/aromatic N) is 4. The Morgan fingerprint density at radius 1 is 1.50 bits per heavy atom. The van der Waals surface area contributed by atoms with Gasteiger partial charge >= 0.3 is 0 Å². The van der Waals surface area contributed by atoms with E-state index < -0.39 is 5.82 Å². The summed E-state index contributed by atoms with van der Waals surface area (Å²) in [5, 5.41) is 12.9. The Hall–Kier alpha value is -2.05. The molecule has 6 nitrogen and oxygen atoms in total. The summed E-state index contributed by atoms with van der Waals surface area (Å²) >= 11 is 0. The van der Waals surface area contributed by atoms with Gasteiger partial charge < -0.3 is 4.57 Å². The van der Waals surface area contributed by atoms with Crippen LogP contribution in [0.5, 0.6) is 0 Å². The topological polar surface area (TPSA) is 76.5 Å². The second-order valence-corrected chi connectivity index (χ2v) is 2.64. The lowest BCUT2D eigenvalue weighted by Crippen LogP contribution is -2.20. The maximum absolute atomic E-state index is 12.8. The van der Waals surface area contributed by atoms with E-state index in [0.717, 1.165) is 18.3 Å². The molecule has 0 fully saturated rings. The standard InChI is InChI=1S/C7H6FN5O/c8-5-1-2-7(14)13(3-5)4-6-9-11-12-10-6/h1-3H,4H2,(H,9,10,11,12). The average molecular weight is 195 g/mol. The van der Waals surface area contributed by atoms with Crippen LogP contribution < -0.4 is 5.56 Å². The molecule has 0 aliphatic rings. The van der Waals surface area contributed by atoms with Crippen LogP contribution in [-0.2, 0) is 6.54 Å². The van der Waals surface area contributed by atoms with Crippen LogP contribution in [0, 0.1) is 5.82 Å². The summed E-state index contributed by atoms with van der Waals surface area (Å²) in [6.45, 7) is 0.104. The minimum absolute atomic E-state index is 0.104. The van der Waals surface area contributed by atoms with Crippen LogP contribution in [0.15, 0.2) is 23.1 Å². The number of pyridine rings is 1. The molecule has 2 heterocycles. The molecule has 2 aromatic rings. The molecule has 2 rings (SSSR count). The molecule has 0 saturated heterocycles. The normalized spacial score (nSPS) is 10.4. The van der Waals surface area contributed by atoms with E-state index in [2.05, 4.69) is 20.6 Å². The average Bonchev–Trinajstić information content (AvgIpc) is 2.64. The Morgan fingerprint density at radius 2 is 2.36 bits per heavy atom. The summed E-state index contributed by atoms with van der Waals surface area (Å²) in [6, 6.07) is 2.25. The molecule has 14 heavy (non-hydrogen) atoms. The number of halogens is 1. The van der Waals surface area contributed by atoms with Crippen LogP contribution in [-0.4, -0.2) is 25.2 Å². The van der Waals surface area contributed by atoms with E-state index in [1.807, 2.05) is 0 Å². The third-order valence-electron chi connectivity index (χ3n) is 1.65. The molecule has 0 atom stereocenters. The highest BCUT2D eigenvalue weighted by Crippen LogP contribution is 1.94. The Bertz CT molecular complexity index is 477. The first-order chi connectivity index (χ1) is 6.75. The van der Waals surface area contributed by atoms with Crippen molar-refractivity contribution in [2.75, 3.05) is 0 Å². The maximum Gasteiger partial charge on any atom is 0.251 e. The zero-order valence-corrected chi connectivity index (χ0v) is 7.01. The molecule has 0 unspecified atom stereocenters. The quantitative estimate of drug-likeness (QED) is 0.704. The van der Waals surface area contributed by atoms with Gasteiger partial charge in [0.25, 0.3) is 5.56 Å². The molecular weight excluding hydrogens is 189 g/mol. The minimum Gasteiger partial charge on any atom is -0.305 e. The summed E-state index contributed by atoms with van der Waals surface area (Å²) < 4.78 is 13.9. The lowest BCUT2D eigenvalue weighted by Gasteiger charge is -2.00. The lowest BCUT2D eigenvalue weighted by atomic mass is 10.4. The van der Waals surface area contributed by atoms with Crippen molar-refractivity contribution < 1.29 is 4.39 Å². The van der Waals surface area contributed by atoms with E-state index in [9.17, 15) is 9.18 Å². The van der Waals surface area contributed by atoms with Gasteiger partial charge in [-0.25, -0.2) is 4.39 Å². The summed E-state index contributed by atoms with van der Waals surface area (Å²) in [5.74, 6) is -0.147. The third-order valence-corrected chi connectivity index (χ3v) is 1.65. The number of rotatable bonds is 2. The summed E-state index contributed by atoms with van der Waals surface area (Å²) in [4.78, 5) is 11.2. The largest absolute Gasteiger partial charge is 0.305 e. The molecule has 1 N–H and O–H groups in total. The van der Waals surface area contributed by atoms with E-state index in [1.54, 1.807) is 0 Å². The number of tetrazole rings is 1. The highest BCUT2D eigenvalue weighted by molar-refractivity contribution is 4.98. The SMILES string of the molecule is O=c1ccc(F)cn1Cc1nn[nH]n1. The summed E-state index contributed by atoms with van der Waals surface area (Å²) in [6.07, 6.45) is 1.10. The maximum atomic E-state index is 12.8. The van der Waals surface area contributed by atoms with Gasteiger partial charge in [-0.15, -0.1) is 10.2 Å². The highest BCUT2D eigenvalue weighted by atomic mass is 19.1. The number of hydrogen-bond donors (Lipinski definition) is 1. The Kier molecular flexibility index (Phi) is 2.05. The molecule has 72 valence electrons. The van der Waals surface area contributed by atoms with E-state index >= 15 is 0 Å². The molecule has 0 aliphatic carbocycles. The van der Waals surface area contributed by atoms with Gasteiger partial charge in [0.05, 0.1) is 6.54 Å². The van der Waals surface area contributed by atoms with Gasteiger partial charge in [0.15, 0.2) is 5.82 Å². The van der Waals surface area contributed by atoms with E-state index in [4.69, 9.17) is 0 Å². The van der Waals surface area contributed by atoms with Crippen molar-refractivity contribution >= 4 is 0 Å². The van der Waals surface area contributed by atoms with Crippen molar-refractivity contribution in [1.82, 2.24) is 25.2 Å². The third kappa shape index (κ3) is 1.65. The van der Waals surface area contributed by atoms with Crippen LogP contribution >= 0.6 is 0 Å². The lowest BCUT2D eigenvalue weighted by molar-refractivity contribution is 0.591. The second kappa shape index (κ2) is 3.36. The predicted molar refractivity (Wildman–Crippen MR) is 43.9 cm³/mol. The van der Waals surface area contributed by atoms with Gasteiger partial charge in [-0.05, 0) is 6.07 Å². The number of hydrogen-bond acceptors (Lipinski definition) is 4. The fourth-order valence-corrected chi connectivity index (χ4v) is 1.03. The smallest absolute Gasteiger partial charge is 0.251 e. The minimum atomic E-state index is -0.479. The zero-order valence-electron chi connectivity index (χ0n) is 7.01. The van der Waals surface area contributed by atoms with Gasteiger partial charge in [-0.1, -0.05) is 5.21 Å². The van der Waals surface area contributed by atoms with Crippen molar-refractivity contribution in [3.05, 3.63) is 40.3 Å². The Labute approximate surface area is 77.4 Å². The van der Waals surface area contributed by atoms with Crippen LogP contribution in [0.3, 0.4) is 0 Å². The van der Waals surface area contributed by atoms with Crippen LogP contribution in [0.25, 0.3) is 0 Å². The van der Waals surface area contributed by atoms with Gasteiger partial charge in [0.2, 0.25) is 0 Å². The van der Waals surface area contributed by atoms with Crippen molar-refractivity contribution in [3.8, 4) is 0 Å². The van der Waals surface area contributed by atoms with Crippen LogP contribution in [0.4, 0.5) is 4.39 Å². The first-order valence-electron chi connectivity index (χ1n) is 3.84. The predicted octanol–water partition coefficient (Wildman–Crippen LogP) is -0.451. The van der Waals surface area contributed by atoms with Crippen molar-refractivity contribution in [3.63, 3.8) is 0 Å². The molecule has 0 radical (unpaired) electrons. The zero-order chi connectivity index (χ0) is 9.97. The fourth-order valence-electron chi connectivity index (χ4n) is 1.03. The summed E-state index contributed by atoms with van der Waals surface area (Å²) in [7, 11) is 0. The molecule has 0 bridgehead atoms. The molecule has 0 amide bonds. The number of aromatic nitrogens is 5. The van der Waals surface area contributed by atoms with Gasteiger partial charge in [0.1, 0.15) is 5.82 Å². The van der Waals surface area contributed by atoms with Gasteiger partial charge in [0, 0.05) is 12.3 Å². The molecule has 0 spiro atoms. The van der Waals surface area contributed by atoms with Gasteiger partial charge in [-0.2, -0.15) is 5.21 Å². The van der Waals surface area contributed by atoms with E-state index in [-0.39, 0.29) is 12.1 Å². The number of aromatic amines is 1. The summed E-state index contributed by atoms with van der Waals surface area (Å²) in [5.41, 5.74) is -0.309. The molecule has 0 aliphatic heterocycles. The number of H-pyrrole nitrogens is 1. The first kappa shape index (κ1) is 8.54. The number of nitrogens with one attached hydrogen (secondary N) is 1. The van der Waals surface area contributed by atoms with Crippen molar-refractivity contribution in [1.29, 1.82) is 0 Å². The molecule has 2 aromatic heterocycles. The van der Waals surface area contributed by atoms with Gasteiger partial charge in [-0.3, -0.25) is 4.79 Å². The fraction of sp³-hybridized carbons (Fsp3) is 0.143. The molecule has 0 saturated carbocycles. The molecular formula is C7H6FN5O. The molecule has 0 aromatic carbocycles. The van der Waals surface area contributed by atoms with Crippen molar-refractivity contribution in [2.24, 2.45) is 0 Å². The van der Waals surface area contributed by atoms with E-state index in [1.165, 1.54) is 4.57 Å².